The summed E-state index contributed by atoms with van der Waals surface area (Å²) in [6, 6.07) is 9.88. The number of thioether (sulfide) groups is 2. The number of fused-ring (bicyclic) bond motifs is 2. The maximum Gasteiger partial charge on any atom is 0.339 e. The second kappa shape index (κ2) is 26.9. The van der Waals surface area contributed by atoms with Crippen molar-refractivity contribution in [3.63, 3.8) is 0 Å². The normalized spacial score (nSPS) is 14.7. The van der Waals surface area contributed by atoms with E-state index in [0.717, 1.165) is 49.2 Å². The van der Waals surface area contributed by atoms with Crippen LogP contribution in [0.2, 0.25) is 0 Å². The summed E-state index contributed by atoms with van der Waals surface area (Å²) in [5.41, 5.74) is 1.26. The van der Waals surface area contributed by atoms with Gasteiger partial charge in [-0.05, 0) is 37.1 Å². The predicted octanol–water partition coefficient (Wildman–Crippen LogP) is 12.4. The summed E-state index contributed by atoms with van der Waals surface area (Å²) in [6.07, 6.45) is 25.2. The van der Waals surface area contributed by atoms with Crippen molar-refractivity contribution in [3.8, 4) is 0 Å². The molecular weight excluding hydrogens is 745 g/mol. The molecule has 8 nitrogen and oxygen atoms in total. The Bertz CT molecular complexity index is 1470. The summed E-state index contributed by atoms with van der Waals surface area (Å²) in [5, 5.41) is 0. The fourth-order valence-corrected chi connectivity index (χ4v) is 9.44. The van der Waals surface area contributed by atoms with E-state index in [9.17, 15) is 19.2 Å². The van der Waals surface area contributed by atoms with Crippen LogP contribution in [0.5, 0.6) is 0 Å². The number of carbonyl (C=O) groups is 4. The van der Waals surface area contributed by atoms with Gasteiger partial charge in [0.15, 0.2) is 0 Å². The van der Waals surface area contributed by atoms with Crippen LogP contribution in [-0.4, -0.2) is 63.1 Å². The number of allylic oxidation sites excluding steroid dienone is 2. The van der Waals surface area contributed by atoms with E-state index >= 15 is 0 Å². The highest BCUT2D eigenvalue weighted by atomic mass is 32.2. The van der Waals surface area contributed by atoms with Crippen molar-refractivity contribution in [1.29, 1.82) is 0 Å². The van der Waals surface area contributed by atoms with Crippen molar-refractivity contribution < 1.29 is 38.1 Å². The van der Waals surface area contributed by atoms with Crippen molar-refractivity contribution in [2.45, 2.75) is 152 Å². The SMILES string of the molecule is CCCCCCCCCCCCOCCOC(=O)c1cccc2c1S/C(=C1\Sc3c(C(=O)OCCOCCCCCCCCCCCC)cccc3C1=O)C2=O. The molecule has 0 atom stereocenters. The van der Waals surface area contributed by atoms with E-state index in [1.165, 1.54) is 103 Å². The standard InChI is InChI=1S/C46H64O8S2/c1-3-5-7-9-11-13-15-17-19-21-29-51-31-33-53-45(49)37-27-23-25-35-39(47)43(55-41(35)37)44-40(48)36-26-24-28-38(42(36)56-44)46(50)54-34-32-52-30-22-20-18-16-14-12-10-8-6-4-2/h23-28H,3-22,29-34H2,1-2H3/b44-43-. The Labute approximate surface area is 344 Å². The number of hydrogen-bond donors (Lipinski definition) is 0. The second-order valence-electron chi connectivity index (χ2n) is 14.7. The molecule has 56 heavy (non-hydrogen) atoms. The number of rotatable bonds is 30. The third kappa shape index (κ3) is 14.8. The van der Waals surface area contributed by atoms with Crippen molar-refractivity contribution >= 4 is 47.0 Å². The minimum Gasteiger partial charge on any atom is -0.460 e. The van der Waals surface area contributed by atoms with E-state index in [1.807, 2.05) is 0 Å². The average Bonchev–Trinajstić information content (AvgIpc) is 3.73. The highest BCUT2D eigenvalue weighted by Crippen LogP contribution is 2.51. The van der Waals surface area contributed by atoms with Crippen LogP contribution in [0.4, 0.5) is 0 Å². The smallest absolute Gasteiger partial charge is 0.339 e. The molecule has 0 bridgehead atoms. The van der Waals surface area contributed by atoms with Gasteiger partial charge in [-0.3, -0.25) is 9.59 Å². The van der Waals surface area contributed by atoms with Crippen molar-refractivity contribution in [1.82, 2.24) is 0 Å². The molecule has 0 N–H and O–H groups in total. The molecule has 2 aromatic rings. The first-order valence-corrected chi connectivity index (χ1v) is 23.1. The molecule has 308 valence electrons. The minimum atomic E-state index is -0.540. The molecule has 4 rings (SSSR count). The maximum absolute atomic E-state index is 13.6. The fourth-order valence-electron chi connectivity index (χ4n) is 6.94. The van der Waals surface area contributed by atoms with Gasteiger partial charge in [0, 0.05) is 34.1 Å². The molecule has 0 saturated heterocycles. The number of hydrogen-bond acceptors (Lipinski definition) is 10. The van der Waals surface area contributed by atoms with Gasteiger partial charge in [-0.25, -0.2) is 9.59 Å². The summed E-state index contributed by atoms with van der Waals surface area (Å²) in [4.78, 5) is 54.9. The van der Waals surface area contributed by atoms with E-state index in [2.05, 4.69) is 13.8 Å². The molecule has 0 amide bonds. The maximum atomic E-state index is 13.6. The lowest BCUT2D eigenvalue weighted by atomic mass is 10.0. The zero-order chi connectivity index (χ0) is 39.8. The van der Waals surface area contributed by atoms with Crippen LogP contribution >= 0.6 is 23.5 Å². The average molecular weight is 809 g/mol. The van der Waals surface area contributed by atoms with Gasteiger partial charge in [-0.1, -0.05) is 165 Å². The van der Waals surface area contributed by atoms with Gasteiger partial charge >= 0.3 is 11.9 Å². The zero-order valence-electron chi connectivity index (χ0n) is 33.9. The number of benzene rings is 2. The Balaban J connectivity index is 1.17. The lowest BCUT2D eigenvalue weighted by molar-refractivity contribution is 0.0303. The zero-order valence-corrected chi connectivity index (χ0v) is 35.6. The van der Waals surface area contributed by atoms with Crippen LogP contribution in [0.1, 0.15) is 184 Å². The lowest BCUT2D eigenvalue weighted by Gasteiger charge is -2.09. The minimum absolute atomic E-state index is 0.112. The summed E-state index contributed by atoms with van der Waals surface area (Å²) in [7, 11) is 0. The van der Waals surface area contributed by atoms with E-state index in [1.54, 1.807) is 36.4 Å². The van der Waals surface area contributed by atoms with E-state index in [4.69, 9.17) is 18.9 Å². The molecule has 0 unspecified atom stereocenters. The molecule has 2 heterocycles. The van der Waals surface area contributed by atoms with E-state index in [0.29, 0.717) is 47.3 Å². The molecule has 0 saturated carbocycles. The molecular formula is C46H64O8S2. The Kier molecular flexibility index (Phi) is 22.0. The molecule has 0 spiro atoms. The summed E-state index contributed by atoms with van der Waals surface area (Å²) < 4.78 is 22.4. The summed E-state index contributed by atoms with van der Waals surface area (Å²) in [6.45, 7) is 6.59. The number of unbranched alkanes of at least 4 members (excludes halogenated alkanes) is 18. The van der Waals surface area contributed by atoms with Crippen molar-refractivity contribution in [2.24, 2.45) is 0 Å². The molecule has 0 fully saturated rings. The third-order valence-electron chi connectivity index (χ3n) is 10.2. The quantitative estimate of drug-likeness (QED) is 0.0430. The van der Waals surface area contributed by atoms with Crippen LogP contribution in [0.15, 0.2) is 56.0 Å². The molecule has 2 aromatic carbocycles. The molecule has 0 aliphatic carbocycles. The highest BCUT2D eigenvalue weighted by Gasteiger charge is 2.39. The molecule has 10 heteroatoms. The van der Waals surface area contributed by atoms with Crippen molar-refractivity contribution in [3.05, 3.63) is 68.5 Å². The molecule has 2 aliphatic heterocycles. The fraction of sp³-hybridized carbons (Fsp3) is 0.609. The summed E-state index contributed by atoms with van der Waals surface area (Å²) >= 11 is 2.21. The van der Waals surface area contributed by atoms with Gasteiger partial charge in [0.2, 0.25) is 11.6 Å². The molecule has 2 aliphatic rings. The first-order valence-electron chi connectivity index (χ1n) is 21.4. The van der Waals surface area contributed by atoms with Crippen LogP contribution in [-0.2, 0) is 18.9 Å². The largest absolute Gasteiger partial charge is 0.460 e. The predicted molar refractivity (Wildman–Crippen MR) is 226 cm³/mol. The Hall–Kier alpha value is -2.92. The highest BCUT2D eigenvalue weighted by molar-refractivity contribution is 8.08. The Morgan fingerprint density at radius 3 is 1.14 bits per heavy atom. The first-order chi connectivity index (χ1) is 27.5. The van der Waals surface area contributed by atoms with Crippen molar-refractivity contribution in [2.75, 3.05) is 39.6 Å². The Morgan fingerprint density at radius 2 is 0.786 bits per heavy atom. The number of ether oxygens (including phenoxy) is 4. The topological polar surface area (TPSA) is 105 Å². The number of Topliss-reactive ketones (excluding diaryl/α,β-unsaturated/α-hetero) is 2. The van der Waals surface area contributed by atoms with Crippen LogP contribution in [0.3, 0.4) is 0 Å². The number of carbonyl (C=O) groups excluding carboxylic acids is 4. The molecule has 0 aromatic heterocycles. The van der Waals surface area contributed by atoms with Gasteiger partial charge in [0.1, 0.15) is 13.2 Å². The third-order valence-corrected chi connectivity index (χ3v) is 12.8. The van der Waals surface area contributed by atoms with Gasteiger partial charge in [0.05, 0.1) is 34.2 Å². The first kappa shape index (κ1) is 45.8. The van der Waals surface area contributed by atoms with Crippen LogP contribution in [0, 0.1) is 0 Å². The van der Waals surface area contributed by atoms with Gasteiger partial charge in [-0.15, -0.1) is 0 Å². The van der Waals surface area contributed by atoms with Crippen LogP contribution < -0.4 is 0 Å². The van der Waals surface area contributed by atoms with E-state index < -0.39 is 11.9 Å². The number of ketones is 2. The van der Waals surface area contributed by atoms with Crippen LogP contribution in [0.25, 0.3) is 0 Å². The second-order valence-corrected chi connectivity index (χ2v) is 16.8. The van der Waals surface area contributed by atoms with E-state index in [-0.39, 0.29) is 45.7 Å². The lowest BCUT2D eigenvalue weighted by Crippen LogP contribution is -2.12. The van der Waals surface area contributed by atoms with Gasteiger partial charge < -0.3 is 18.9 Å². The monoisotopic (exact) mass is 808 g/mol. The Morgan fingerprint density at radius 1 is 0.446 bits per heavy atom. The van der Waals surface area contributed by atoms with Gasteiger partial charge in [-0.2, -0.15) is 0 Å². The number of esters is 2. The van der Waals surface area contributed by atoms with Gasteiger partial charge in [0.25, 0.3) is 0 Å². The molecule has 0 radical (unpaired) electrons. The summed E-state index contributed by atoms with van der Waals surface area (Å²) in [5.74, 6) is -1.73.